The molecule has 2 aromatic carbocycles. The fourth-order valence-electron chi connectivity index (χ4n) is 3.88. The van der Waals surface area contributed by atoms with Crippen molar-refractivity contribution in [1.82, 2.24) is 4.98 Å². The second-order valence-corrected chi connectivity index (χ2v) is 8.65. The molecule has 1 N–H and O–H groups in total. The van der Waals surface area contributed by atoms with E-state index in [1.165, 1.54) is 23.6 Å². The van der Waals surface area contributed by atoms with Crippen molar-refractivity contribution in [2.45, 2.75) is 19.8 Å². The Balaban J connectivity index is 1.41. The molecule has 4 rings (SSSR count). The van der Waals surface area contributed by atoms with Crippen molar-refractivity contribution in [2.75, 3.05) is 30.0 Å². The summed E-state index contributed by atoms with van der Waals surface area (Å²) in [6, 6.07) is 14.9. The van der Waals surface area contributed by atoms with Crippen LogP contribution in [0.3, 0.4) is 0 Å². The Morgan fingerprint density at radius 3 is 2.76 bits per heavy atom. The van der Waals surface area contributed by atoms with Crippen molar-refractivity contribution in [2.24, 2.45) is 11.0 Å². The number of anilines is 2. The quantitative estimate of drug-likeness (QED) is 0.211. The monoisotopic (exact) mass is 479 g/mol. The standard InChI is InChI=1S/C24H25N5O4S/c1-2-33-23(30)19-10-12-28(13-11-19)21-9-8-17(14-22(21)29(31)32)15-25-27-24-26-20(16-34-24)18-6-4-3-5-7-18/h3-9,14-16,19H,2,10-13H2,1H3,(H,26,27). The summed E-state index contributed by atoms with van der Waals surface area (Å²) >= 11 is 1.43. The van der Waals surface area contributed by atoms with E-state index in [0.29, 0.717) is 48.9 Å². The molecule has 0 spiro atoms. The van der Waals surface area contributed by atoms with Crippen molar-refractivity contribution in [3.05, 3.63) is 69.6 Å². The third-order valence-electron chi connectivity index (χ3n) is 5.60. The van der Waals surface area contributed by atoms with Gasteiger partial charge in [-0.3, -0.25) is 20.3 Å². The number of aromatic nitrogens is 1. The minimum Gasteiger partial charge on any atom is -0.466 e. The molecule has 1 aromatic heterocycles. The Labute approximate surface area is 201 Å². The lowest BCUT2D eigenvalue weighted by atomic mass is 9.96. The maximum Gasteiger partial charge on any atom is 0.309 e. The molecular formula is C24H25N5O4S. The van der Waals surface area contributed by atoms with E-state index in [2.05, 4.69) is 15.5 Å². The molecule has 0 aliphatic carbocycles. The molecule has 9 nitrogen and oxygen atoms in total. The van der Waals surface area contributed by atoms with Crippen LogP contribution < -0.4 is 10.3 Å². The molecule has 0 saturated carbocycles. The smallest absolute Gasteiger partial charge is 0.309 e. The van der Waals surface area contributed by atoms with Gasteiger partial charge in [-0.25, -0.2) is 4.98 Å². The molecule has 3 aromatic rings. The Hall–Kier alpha value is -3.79. The topological polar surface area (TPSA) is 110 Å². The minimum atomic E-state index is -0.384. The van der Waals surface area contributed by atoms with Gasteiger partial charge in [0, 0.05) is 35.7 Å². The highest BCUT2D eigenvalue weighted by Crippen LogP contribution is 2.32. The Morgan fingerprint density at radius 1 is 1.29 bits per heavy atom. The van der Waals surface area contributed by atoms with Crippen LogP contribution in [0.4, 0.5) is 16.5 Å². The van der Waals surface area contributed by atoms with Gasteiger partial charge in [0.25, 0.3) is 5.69 Å². The molecule has 10 heteroatoms. The number of hydrogen-bond acceptors (Lipinski definition) is 9. The van der Waals surface area contributed by atoms with Gasteiger partial charge in [0.2, 0.25) is 5.13 Å². The highest BCUT2D eigenvalue weighted by molar-refractivity contribution is 7.14. The third-order valence-corrected chi connectivity index (χ3v) is 6.35. The number of nitrogens with zero attached hydrogens (tertiary/aromatic N) is 4. The number of carbonyl (C=O) groups excluding carboxylic acids is 1. The van der Waals surface area contributed by atoms with Gasteiger partial charge in [-0.2, -0.15) is 5.10 Å². The van der Waals surface area contributed by atoms with Gasteiger partial charge in [-0.1, -0.05) is 36.4 Å². The fourth-order valence-corrected chi connectivity index (χ4v) is 4.55. The molecule has 1 aliphatic rings. The normalized spacial score (nSPS) is 14.3. The zero-order valence-corrected chi connectivity index (χ0v) is 19.5. The highest BCUT2D eigenvalue weighted by atomic mass is 32.1. The zero-order chi connectivity index (χ0) is 23.9. The number of carbonyl (C=O) groups is 1. The summed E-state index contributed by atoms with van der Waals surface area (Å²) in [4.78, 5) is 29.8. The fraction of sp³-hybridized carbons (Fsp3) is 0.292. The number of thiazole rings is 1. The van der Waals surface area contributed by atoms with E-state index >= 15 is 0 Å². The average Bonchev–Trinajstić information content (AvgIpc) is 3.34. The summed E-state index contributed by atoms with van der Waals surface area (Å²) in [6.45, 7) is 3.27. The minimum absolute atomic E-state index is 0.0131. The van der Waals surface area contributed by atoms with Gasteiger partial charge in [0.05, 0.1) is 29.4 Å². The molecule has 1 fully saturated rings. The number of nitro benzene ring substituents is 1. The molecule has 176 valence electrons. The van der Waals surface area contributed by atoms with Crippen LogP contribution in [0.25, 0.3) is 11.3 Å². The molecule has 34 heavy (non-hydrogen) atoms. The maximum absolute atomic E-state index is 12.0. The number of hydrazone groups is 1. The molecule has 0 atom stereocenters. The SMILES string of the molecule is CCOC(=O)C1CCN(c2ccc(C=NNc3nc(-c4ccccc4)cs3)cc2[N+](=O)[O-])CC1. The van der Waals surface area contributed by atoms with E-state index in [1.54, 1.807) is 19.1 Å². The van der Waals surface area contributed by atoms with Crippen molar-refractivity contribution >= 4 is 40.0 Å². The van der Waals surface area contributed by atoms with Crippen molar-refractivity contribution in [1.29, 1.82) is 0 Å². The number of piperidine rings is 1. The van der Waals surface area contributed by atoms with Crippen LogP contribution in [-0.2, 0) is 9.53 Å². The van der Waals surface area contributed by atoms with E-state index in [9.17, 15) is 14.9 Å². The van der Waals surface area contributed by atoms with Gasteiger partial charge in [-0.05, 0) is 25.8 Å². The Morgan fingerprint density at radius 2 is 2.06 bits per heavy atom. The lowest BCUT2D eigenvalue weighted by Gasteiger charge is -2.32. The van der Waals surface area contributed by atoms with Gasteiger partial charge in [0.15, 0.2) is 0 Å². The number of rotatable bonds is 8. The highest BCUT2D eigenvalue weighted by Gasteiger charge is 2.29. The number of nitrogens with one attached hydrogen (secondary N) is 1. The summed E-state index contributed by atoms with van der Waals surface area (Å²) in [5, 5.41) is 18.5. The number of ether oxygens (including phenoxy) is 1. The first-order chi connectivity index (χ1) is 16.5. The third kappa shape index (κ3) is 5.57. The van der Waals surface area contributed by atoms with E-state index in [4.69, 9.17) is 4.74 Å². The summed E-state index contributed by atoms with van der Waals surface area (Å²) in [6.07, 6.45) is 2.76. The Bertz CT molecular complexity index is 1170. The predicted octanol–water partition coefficient (Wildman–Crippen LogP) is 4.94. The molecule has 0 radical (unpaired) electrons. The number of esters is 1. The van der Waals surface area contributed by atoms with Crippen molar-refractivity contribution in [3.63, 3.8) is 0 Å². The molecule has 1 aliphatic heterocycles. The Kier molecular flexibility index (Phi) is 7.48. The number of hydrogen-bond donors (Lipinski definition) is 1. The number of nitro groups is 1. The second kappa shape index (κ2) is 10.9. The predicted molar refractivity (Wildman–Crippen MR) is 133 cm³/mol. The molecular weight excluding hydrogens is 454 g/mol. The van der Waals surface area contributed by atoms with E-state index in [-0.39, 0.29) is 22.5 Å². The maximum atomic E-state index is 12.0. The van der Waals surface area contributed by atoms with Crippen molar-refractivity contribution in [3.8, 4) is 11.3 Å². The van der Waals surface area contributed by atoms with Gasteiger partial charge < -0.3 is 9.64 Å². The van der Waals surface area contributed by atoms with Crippen LogP contribution in [0.15, 0.2) is 59.0 Å². The molecule has 1 saturated heterocycles. The average molecular weight is 480 g/mol. The largest absolute Gasteiger partial charge is 0.466 e. The zero-order valence-electron chi connectivity index (χ0n) is 18.7. The summed E-state index contributed by atoms with van der Waals surface area (Å²) in [7, 11) is 0. The van der Waals surface area contributed by atoms with E-state index < -0.39 is 0 Å². The lowest BCUT2D eigenvalue weighted by molar-refractivity contribution is -0.384. The summed E-state index contributed by atoms with van der Waals surface area (Å²) < 4.78 is 5.10. The first-order valence-electron chi connectivity index (χ1n) is 11.0. The van der Waals surface area contributed by atoms with Crippen LogP contribution >= 0.6 is 11.3 Å². The van der Waals surface area contributed by atoms with E-state index in [1.807, 2.05) is 40.6 Å². The summed E-state index contributed by atoms with van der Waals surface area (Å²) in [5.74, 6) is -0.340. The van der Waals surface area contributed by atoms with Crippen LogP contribution in [0.1, 0.15) is 25.3 Å². The van der Waals surface area contributed by atoms with Gasteiger partial charge in [-0.15, -0.1) is 11.3 Å². The lowest BCUT2D eigenvalue weighted by Crippen LogP contribution is -2.37. The van der Waals surface area contributed by atoms with Crippen LogP contribution in [0, 0.1) is 16.0 Å². The molecule has 2 heterocycles. The first kappa shape index (κ1) is 23.4. The van der Waals surface area contributed by atoms with Crippen LogP contribution in [0.5, 0.6) is 0 Å². The van der Waals surface area contributed by atoms with E-state index in [0.717, 1.165) is 11.3 Å². The second-order valence-electron chi connectivity index (χ2n) is 7.79. The van der Waals surface area contributed by atoms with Gasteiger partial charge in [0.1, 0.15) is 5.69 Å². The summed E-state index contributed by atoms with van der Waals surface area (Å²) in [5.41, 5.74) is 5.93. The first-order valence-corrected chi connectivity index (χ1v) is 11.9. The molecule has 0 unspecified atom stereocenters. The van der Waals surface area contributed by atoms with Crippen LogP contribution in [0.2, 0.25) is 0 Å². The van der Waals surface area contributed by atoms with Gasteiger partial charge >= 0.3 is 5.97 Å². The molecule has 0 amide bonds. The van der Waals surface area contributed by atoms with Crippen molar-refractivity contribution < 1.29 is 14.5 Å². The molecule has 0 bridgehead atoms. The van der Waals surface area contributed by atoms with Crippen LogP contribution in [-0.4, -0.2) is 41.8 Å². The number of benzene rings is 2.